The lowest BCUT2D eigenvalue weighted by atomic mass is 10.2. The molecule has 1 atom stereocenters. The molecular formula is C10H16BrN3O2. The zero-order valence-electron chi connectivity index (χ0n) is 9.52. The first-order valence-electron chi connectivity index (χ1n) is 5.57. The molecule has 0 N–H and O–H groups in total. The van der Waals surface area contributed by atoms with E-state index in [2.05, 4.69) is 26.0 Å². The lowest BCUT2D eigenvalue weighted by molar-refractivity contribution is -0.0457. The van der Waals surface area contributed by atoms with Crippen molar-refractivity contribution < 1.29 is 9.47 Å². The van der Waals surface area contributed by atoms with Gasteiger partial charge >= 0.3 is 6.01 Å². The standard InChI is InChI=1S/C10H16BrN3O2/c1-7(2)16-10-12-9(11)13-14(10)8-5-3-4-6-15-8/h7-8H,3-6H2,1-2H3/t8-/m1/s1. The molecule has 2 heterocycles. The highest BCUT2D eigenvalue weighted by atomic mass is 79.9. The summed E-state index contributed by atoms with van der Waals surface area (Å²) < 4.78 is 13.5. The predicted octanol–water partition coefficient (Wildman–Crippen LogP) is 2.53. The summed E-state index contributed by atoms with van der Waals surface area (Å²) in [4.78, 5) is 4.19. The van der Waals surface area contributed by atoms with Crippen LogP contribution < -0.4 is 4.74 Å². The zero-order chi connectivity index (χ0) is 11.5. The van der Waals surface area contributed by atoms with Crippen molar-refractivity contribution in [2.24, 2.45) is 0 Å². The number of halogens is 1. The molecule has 6 heteroatoms. The van der Waals surface area contributed by atoms with E-state index in [9.17, 15) is 0 Å². The van der Waals surface area contributed by atoms with Crippen molar-refractivity contribution >= 4 is 15.9 Å². The van der Waals surface area contributed by atoms with E-state index in [4.69, 9.17) is 9.47 Å². The second-order valence-electron chi connectivity index (χ2n) is 4.10. The normalized spacial score (nSPS) is 21.4. The van der Waals surface area contributed by atoms with Crippen LogP contribution in [0.25, 0.3) is 0 Å². The van der Waals surface area contributed by atoms with Crippen LogP contribution in [0, 0.1) is 0 Å². The summed E-state index contributed by atoms with van der Waals surface area (Å²) in [7, 11) is 0. The molecule has 1 aliphatic rings. The third kappa shape index (κ3) is 2.74. The van der Waals surface area contributed by atoms with Crippen molar-refractivity contribution in [3.05, 3.63) is 4.73 Å². The quantitative estimate of drug-likeness (QED) is 0.858. The molecule has 16 heavy (non-hydrogen) atoms. The van der Waals surface area contributed by atoms with Crippen LogP contribution in [0.15, 0.2) is 4.73 Å². The molecule has 2 rings (SSSR count). The summed E-state index contributed by atoms with van der Waals surface area (Å²) in [5.74, 6) is 0. The molecule has 0 spiro atoms. The Bertz CT molecular complexity index is 348. The van der Waals surface area contributed by atoms with E-state index in [0.717, 1.165) is 25.9 Å². The molecule has 0 unspecified atom stereocenters. The molecule has 1 aromatic rings. The smallest absolute Gasteiger partial charge is 0.318 e. The molecule has 5 nitrogen and oxygen atoms in total. The Morgan fingerprint density at radius 2 is 2.31 bits per heavy atom. The number of aromatic nitrogens is 3. The Kier molecular flexibility index (Phi) is 3.81. The molecule has 1 aromatic heterocycles. The van der Waals surface area contributed by atoms with Gasteiger partial charge in [0, 0.05) is 6.61 Å². The molecule has 0 amide bonds. The van der Waals surface area contributed by atoms with Crippen molar-refractivity contribution in [3.8, 4) is 6.01 Å². The summed E-state index contributed by atoms with van der Waals surface area (Å²) in [6, 6.07) is 0.522. The average Bonchev–Trinajstić information content (AvgIpc) is 2.60. The van der Waals surface area contributed by atoms with Gasteiger partial charge in [-0.2, -0.15) is 9.67 Å². The van der Waals surface area contributed by atoms with Gasteiger partial charge in [-0.15, -0.1) is 5.10 Å². The first-order valence-corrected chi connectivity index (χ1v) is 6.36. The Morgan fingerprint density at radius 1 is 1.50 bits per heavy atom. The Balaban J connectivity index is 2.17. The SMILES string of the molecule is CC(C)Oc1nc(Br)nn1[C@H]1CCCCO1. The number of hydrogen-bond donors (Lipinski definition) is 0. The van der Waals surface area contributed by atoms with Crippen LogP contribution in [0.3, 0.4) is 0 Å². The number of rotatable bonds is 3. The molecule has 90 valence electrons. The van der Waals surface area contributed by atoms with Crippen LogP contribution in [0.4, 0.5) is 0 Å². The summed E-state index contributed by atoms with van der Waals surface area (Å²) in [6.45, 7) is 4.71. The predicted molar refractivity (Wildman–Crippen MR) is 62.3 cm³/mol. The van der Waals surface area contributed by atoms with Gasteiger partial charge in [-0.1, -0.05) is 0 Å². The minimum Gasteiger partial charge on any atom is -0.461 e. The molecule has 0 radical (unpaired) electrons. The van der Waals surface area contributed by atoms with Gasteiger partial charge in [0.1, 0.15) is 0 Å². The van der Waals surface area contributed by atoms with E-state index < -0.39 is 0 Å². The van der Waals surface area contributed by atoms with Crippen molar-refractivity contribution in [1.82, 2.24) is 14.8 Å². The van der Waals surface area contributed by atoms with Gasteiger partial charge in [0.05, 0.1) is 6.10 Å². The number of ether oxygens (including phenoxy) is 2. The zero-order valence-corrected chi connectivity index (χ0v) is 11.1. The molecule has 0 saturated carbocycles. The molecule has 1 fully saturated rings. The fourth-order valence-electron chi connectivity index (χ4n) is 1.68. The van der Waals surface area contributed by atoms with Crippen molar-refractivity contribution in [2.75, 3.05) is 6.61 Å². The summed E-state index contributed by atoms with van der Waals surface area (Å²) in [5.41, 5.74) is 0. The minimum absolute atomic E-state index is 0.0405. The van der Waals surface area contributed by atoms with Gasteiger partial charge in [-0.25, -0.2) is 0 Å². The van der Waals surface area contributed by atoms with E-state index in [1.54, 1.807) is 4.68 Å². The molecule has 1 aliphatic heterocycles. The first-order chi connectivity index (χ1) is 7.66. The number of hydrogen-bond acceptors (Lipinski definition) is 4. The average molecular weight is 290 g/mol. The minimum atomic E-state index is -0.0405. The van der Waals surface area contributed by atoms with Crippen LogP contribution in [0.2, 0.25) is 0 Å². The lowest BCUT2D eigenvalue weighted by Gasteiger charge is -2.23. The van der Waals surface area contributed by atoms with Crippen molar-refractivity contribution in [3.63, 3.8) is 0 Å². The summed E-state index contributed by atoms with van der Waals surface area (Å²) >= 11 is 3.26. The first kappa shape index (κ1) is 11.9. The molecular weight excluding hydrogens is 274 g/mol. The molecule has 0 bridgehead atoms. The van der Waals surface area contributed by atoms with Crippen LogP contribution in [0.5, 0.6) is 6.01 Å². The van der Waals surface area contributed by atoms with Gasteiger partial charge in [-0.05, 0) is 49.0 Å². The highest BCUT2D eigenvalue weighted by Crippen LogP contribution is 2.27. The Hall–Kier alpha value is -0.620. The maximum atomic E-state index is 5.66. The van der Waals surface area contributed by atoms with Gasteiger partial charge in [0.2, 0.25) is 4.73 Å². The monoisotopic (exact) mass is 289 g/mol. The molecule has 0 aromatic carbocycles. The van der Waals surface area contributed by atoms with Crippen LogP contribution in [-0.4, -0.2) is 27.5 Å². The van der Waals surface area contributed by atoms with Gasteiger partial charge < -0.3 is 9.47 Å². The Morgan fingerprint density at radius 3 is 2.94 bits per heavy atom. The van der Waals surface area contributed by atoms with Crippen LogP contribution in [-0.2, 0) is 4.74 Å². The van der Waals surface area contributed by atoms with Gasteiger partial charge in [-0.3, -0.25) is 0 Å². The van der Waals surface area contributed by atoms with Gasteiger partial charge in [0.15, 0.2) is 6.23 Å². The van der Waals surface area contributed by atoms with Crippen molar-refractivity contribution in [2.45, 2.75) is 45.4 Å². The maximum Gasteiger partial charge on any atom is 0.318 e. The van der Waals surface area contributed by atoms with Gasteiger partial charge in [0.25, 0.3) is 0 Å². The second-order valence-corrected chi connectivity index (χ2v) is 4.81. The highest BCUT2D eigenvalue weighted by molar-refractivity contribution is 9.10. The highest BCUT2D eigenvalue weighted by Gasteiger charge is 2.22. The summed E-state index contributed by atoms with van der Waals surface area (Å²) in [6.07, 6.45) is 3.28. The van der Waals surface area contributed by atoms with Crippen LogP contribution >= 0.6 is 15.9 Å². The lowest BCUT2D eigenvalue weighted by Crippen LogP contribution is -2.21. The molecule has 1 saturated heterocycles. The fourth-order valence-corrected chi connectivity index (χ4v) is 2.00. The third-order valence-electron chi connectivity index (χ3n) is 2.34. The van der Waals surface area contributed by atoms with Crippen LogP contribution in [0.1, 0.15) is 39.3 Å². The van der Waals surface area contributed by atoms with E-state index in [1.807, 2.05) is 13.8 Å². The second kappa shape index (κ2) is 5.14. The largest absolute Gasteiger partial charge is 0.461 e. The fraction of sp³-hybridized carbons (Fsp3) is 0.800. The maximum absolute atomic E-state index is 5.66. The van der Waals surface area contributed by atoms with E-state index >= 15 is 0 Å². The topological polar surface area (TPSA) is 49.2 Å². The van der Waals surface area contributed by atoms with Crippen molar-refractivity contribution in [1.29, 1.82) is 0 Å². The third-order valence-corrected chi connectivity index (χ3v) is 2.68. The van der Waals surface area contributed by atoms with E-state index in [-0.39, 0.29) is 12.3 Å². The molecule has 0 aliphatic carbocycles. The summed E-state index contributed by atoms with van der Waals surface area (Å²) in [5, 5.41) is 4.26. The van der Waals surface area contributed by atoms with E-state index in [1.165, 1.54) is 0 Å². The van der Waals surface area contributed by atoms with E-state index in [0.29, 0.717) is 10.7 Å². The Labute approximate surface area is 103 Å². The number of nitrogens with zero attached hydrogens (tertiary/aromatic N) is 3.